The van der Waals surface area contributed by atoms with E-state index in [1.165, 1.54) is 77.5 Å². The molecule has 270 valence electrons. The first-order chi connectivity index (χ1) is 28.0. The van der Waals surface area contributed by atoms with Gasteiger partial charge < -0.3 is 4.90 Å². The van der Waals surface area contributed by atoms with Gasteiger partial charge in [0.1, 0.15) is 0 Å². The Labute approximate surface area is 335 Å². The third kappa shape index (κ3) is 5.02. The van der Waals surface area contributed by atoms with E-state index in [-0.39, 0.29) is 5.41 Å². The minimum Gasteiger partial charge on any atom is -0.311 e. The molecule has 9 aromatic rings. The van der Waals surface area contributed by atoms with Crippen LogP contribution in [0.25, 0.3) is 44.2 Å². The fraction of sp³-hybridized carbons (Fsp3) is 0.0714. The predicted molar refractivity (Wildman–Crippen MR) is 239 cm³/mol. The highest BCUT2D eigenvalue weighted by Gasteiger charge is 2.47. The van der Waals surface area contributed by atoms with Gasteiger partial charge in [0, 0.05) is 22.5 Å². The van der Waals surface area contributed by atoms with Gasteiger partial charge in [0.2, 0.25) is 0 Å². The van der Waals surface area contributed by atoms with Crippen LogP contribution in [0.5, 0.6) is 0 Å². The number of rotatable bonds is 6. The second kappa shape index (κ2) is 12.8. The molecule has 0 spiro atoms. The van der Waals surface area contributed by atoms with Gasteiger partial charge in [-0.05, 0) is 126 Å². The lowest BCUT2D eigenvalue weighted by molar-refractivity contribution is 0.655. The van der Waals surface area contributed by atoms with Gasteiger partial charge in [0.25, 0.3) is 0 Å². The molecule has 1 atom stereocenters. The van der Waals surface area contributed by atoms with Crippen molar-refractivity contribution in [2.75, 3.05) is 4.90 Å². The molecule has 1 unspecified atom stereocenters. The maximum absolute atomic E-state index is 2.54. The summed E-state index contributed by atoms with van der Waals surface area (Å²) < 4.78 is 0. The van der Waals surface area contributed by atoms with Crippen LogP contribution in [0.4, 0.5) is 17.1 Å². The summed E-state index contributed by atoms with van der Waals surface area (Å²) in [4.78, 5) is 2.37. The fourth-order valence-electron chi connectivity index (χ4n) is 10.0. The van der Waals surface area contributed by atoms with E-state index in [1.54, 1.807) is 0 Å². The van der Waals surface area contributed by atoms with E-state index >= 15 is 0 Å². The minimum absolute atomic E-state index is 0.121. The van der Waals surface area contributed by atoms with E-state index in [0.717, 1.165) is 17.1 Å². The number of anilines is 3. The summed E-state index contributed by atoms with van der Waals surface area (Å²) in [6, 6.07) is 78.8. The lowest BCUT2D eigenvalue weighted by Crippen LogP contribution is -2.29. The molecule has 0 bridgehead atoms. The Balaban J connectivity index is 1.12. The first-order valence-electron chi connectivity index (χ1n) is 20.0. The van der Waals surface area contributed by atoms with E-state index in [2.05, 4.69) is 231 Å². The van der Waals surface area contributed by atoms with Crippen molar-refractivity contribution in [2.45, 2.75) is 24.7 Å². The van der Waals surface area contributed by atoms with Crippen molar-refractivity contribution < 1.29 is 0 Å². The van der Waals surface area contributed by atoms with E-state index in [9.17, 15) is 0 Å². The Kier molecular flexibility index (Phi) is 7.50. The Morgan fingerprint density at radius 3 is 1.51 bits per heavy atom. The molecular weight excluding hydrogens is 687 g/mol. The van der Waals surface area contributed by atoms with Crippen LogP contribution >= 0.6 is 0 Å². The molecule has 9 aromatic carbocycles. The third-order valence-corrected chi connectivity index (χ3v) is 12.7. The zero-order valence-electron chi connectivity index (χ0n) is 32.2. The van der Waals surface area contributed by atoms with Gasteiger partial charge in [-0.3, -0.25) is 0 Å². The zero-order chi connectivity index (χ0) is 38.1. The minimum atomic E-state index is -0.538. The highest BCUT2D eigenvalue weighted by molar-refractivity contribution is 5.96. The maximum atomic E-state index is 2.54. The maximum Gasteiger partial charge on any atom is 0.0713 e. The standard InChI is InChI=1S/C56H41N/c1-55(2)51-23-13-11-21-47(51)49-34-29-43(37-53(49)55)56(52-24-14-12-22-48(52)50-35-40-17-9-10-18-41(40)36-54(50)56)42-27-32-46(33-28-42)57(44-19-7-4-8-20-44)45-30-25-39(26-31-45)38-15-5-3-6-16-38/h3-37H,1-2H3. The highest BCUT2D eigenvalue weighted by Crippen LogP contribution is 2.59. The van der Waals surface area contributed by atoms with Crippen molar-refractivity contribution in [1.29, 1.82) is 0 Å². The van der Waals surface area contributed by atoms with Crippen LogP contribution in [-0.2, 0) is 10.8 Å². The highest BCUT2D eigenvalue weighted by atomic mass is 15.1. The van der Waals surface area contributed by atoms with Crippen LogP contribution < -0.4 is 4.90 Å². The molecular formula is C56H41N. The lowest BCUT2D eigenvalue weighted by Gasteiger charge is -2.35. The van der Waals surface area contributed by atoms with Crippen LogP contribution in [0.3, 0.4) is 0 Å². The molecule has 0 saturated carbocycles. The van der Waals surface area contributed by atoms with Gasteiger partial charge in [0.15, 0.2) is 0 Å². The van der Waals surface area contributed by atoms with Gasteiger partial charge >= 0.3 is 0 Å². The van der Waals surface area contributed by atoms with E-state index < -0.39 is 5.41 Å². The molecule has 0 aromatic heterocycles. The van der Waals surface area contributed by atoms with Gasteiger partial charge in [-0.25, -0.2) is 0 Å². The van der Waals surface area contributed by atoms with Crippen molar-refractivity contribution in [3.8, 4) is 33.4 Å². The van der Waals surface area contributed by atoms with Crippen LogP contribution in [-0.4, -0.2) is 0 Å². The Morgan fingerprint density at radius 1 is 0.316 bits per heavy atom. The molecule has 0 saturated heterocycles. The number of nitrogens with zero attached hydrogens (tertiary/aromatic N) is 1. The number of hydrogen-bond donors (Lipinski definition) is 0. The molecule has 0 heterocycles. The van der Waals surface area contributed by atoms with E-state index in [0.29, 0.717) is 0 Å². The molecule has 2 aliphatic rings. The molecule has 0 aliphatic heterocycles. The topological polar surface area (TPSA) is 3.24 Å². The SMILES string of the molecule is CC1(C)c2ccccc2-c2ccc(C3(c4ccc(N(c5ccccc5)c5ccc(-c6ccccc6)cc5)cc4)c4ccccc4-c4cc5ccccc5cc43)cc21. The van der Waals surface area contributed by atoms with Crippen LogP contribution in [0.1, 0.15) is 47.2 Å². The molecule has 0 radical (unpaired) electrons. The molecule has 11 rings (SSSR count). The van der Waals surface area contributed by atoms with Gasteiger partial charge in [0.05, 0.1) is 5.41 Å². The fourth-order valence-corrected chi connectivity index (χ4v) is 10.0. The van der Waals surface area contributed by atoms with Gasteiger partial charge in [-0.15, -0.1) is 0 Å². The van der Waals surface area contributed by atoms with E-state index in [4.69, 9.17) is 0 Å². The second-order valence-corrected chi connectivity index (χ2v) is 16.1. The summed E-state index contributed by atoms with van der Waals surface area (Å²) in [6.07, 6.45) is 0. The van der Waals surface area contributed by atoms with Crippen LogP contribution in [0, 0.1) is 0 Å². The third-order valence-electron chi connectivity index (χ3n) is 12.7. The van der Waals surface area contributed by atoms with Gasteiger partial charge in [-0.2, -0.15) is 0 Å². The summed E-state index contributed by atoms with van der Waals surface area (Å²) in [5.74, 6) is 0. The summed E-state index contributed by atoms with van der Waals surface area (Å²) in [7, 11) is 0. The Hall–Kier alpha value is -6.96. The monoisotopic (exact) mass is 727 g/mol. The second-order valence-electron chi connectivity index (χ2n) is 16.1. The molecule has 0 N–H and O–H groups in total. The predicted octanol–water partition coefficient (Wildman–Crippen LogP) is 14.6. The summed E-state index contributed by atoms with van der Waals surface area (Å²) >= 11 is 0. The average molecular weight is 728 g/mol. The quantitative estimate of drug-likeness (QED) is 0.165. The summed E-state index contributed by atoms with van der Waals surface area (Å²) in [5, 5.41) is 2.52. The lowest BCUT2D eigenvalue weighted by atomic mass is 9.66. The largest absolute Gasteiger partial charge is 0.311 e. The van der Waals surface area contributed by atoms with Gasteiger partial charge in [-0.1, -0.05) is 178 Å². The van der Waals surface area contributed by atoms with Crippen molar-refractivity contribution in [3.05, 3.63) is 246 Å². The Bertz CT molecular complexity index is 2960. The number of hydrogen-bond acceptors (Lipinski definition) is 1. The zero-order valence-corrected chi connectivity index (χ0v) is 32.2. The van der Waals surface area contributed by atoms with Crippen molar-refractivity contribution in [3.63, 3.8) is 0 Å². The molecule has 0 amide bonds. The first kappa shape index (κ1) is 33.4. The normalized spacial score (nSPS) is 15.8. The number of para-hydroxylation sites is 1. The average Bonchev–Trinajstić information content (AvgIpc) is 3.69. The van der Waals surface area contributed by atoms with Crippen LogP contribution in [0.2, 0.25) is 0 Å². The van der Waals surface area contributed by atoms with Crippen LogP contribution in [0.15, 0.2) is 212 Å². The Morgan fingerprint density at radius 2 is 0.807 bits per heavy atom. The van der Waals surface area contributed by atoms with Crippen molar-refractivity contribution in [1.82, 2.24) is 0 Å². The van der Waals surface area contributed by atoms with Crippen molar-refractivity contribution in [2.24, 2.45) is 0 Å². The molecule has 1 heteroatoms. The molecule has 2 aliphatic carbocycles. The molecule has 1 nitrogen and oxygen atoms in total. The molecule has 0 fully saturated rings. The molecule has 57 heavy (non-hydrogen) atoms. The number of fused-ring (bicyclic) bond motifs is 7. The number of benzene rings is 9. The summed E-state index contributed by atoms with van der Waals surface area (Å²) in [6.45, 7) is 4.77. The first-order valence-corrected chi connectivity index (χ1v) is 20.0. The van der Waals surface area contributed by atoms with Crippen molar-refractivity contribution >= 4 is 27.8 Å². The van der Waals surface area contributed by atoms with E-state index in [1.807, 2.05) is 0 Å². The smallest absolute Gasteiger partial charge is 0.0713 e. The summed E-state index contributed by atoms with van der Waals surface area (Å²) in [5.41, 5.74) is 18.4.